The minimum Gasteiger partial charge on any atom is -0.345 e. The summed E-state index contributed by atoms with van der Waals surface area (Å²) in [4.78, 5) is 0. The highest BCUT2D eigenvalue weighted by atomic mass is 16.5. The molecule has 0 amide bonds. The lowest BCUT2D eigenvalue weighted by Gasteiger charge is -2.41. The van der Waals surface area contributed by atoms with Crippen molar-refractivity contribution in [2.75, 3.05) is 26.9 Å². The molecule has 0 aliphatic carbocycles. The summed E-state index contributed by atoms with van der Waals surface area (Å²) < 4.78 is 6.03. The Labute approximate surface area is 74.5 Å². The third kappa shape index (κ3) is 2.19. The molecule has 1 rings (SSSR count). The summed E-state index contributed by atoms with van der Waals surface area (Å²) in [5, 5.41) is 9.75. The molecule has 1 fully saturated rings. The largest absolute Gasteiger partial charge is 0.345 e. The van der Waals surface area contributed by atoms with Crippen molar-refractivity contribution in [1.82, 2.24) is 0 Å². The van der Waals surface area contributed by atoms with E-state index in [0.29, 0.717) is 11.2 Å². The second-order valence-electron chi connectivity index (χ2n) is 3.80. The zero-order valence-corrected chi connectivity index (χ0v) is 8.12. The van der Waals surface area contributed by atoms with Crippen molar-refractivity contribution in [3.63, 3.8) is 0 Å². The third-order valence-corrected chi connectivity index (χ3v) is 2.69. The standard InChI is InChI=1S/C9H20NO2/c1-3-12-8-10(2)7-5-4-6-9(10)11/h9,11H,3-8H2,1-2H3/q+1. The minimum atomic E-state index is -0.217. The summed E-state index contributed by atoms with van der Waals surface area (Å²) in [5.74, 6) is 0. The van der Waals surface area contributed by atoms with E-state index in [-0.39, 0.29) is 6.23 Å². The van der Waals surface area contributed by atoms with Crippen molar-refractivity contribution in [2.45, 2.75) is 32.4 Å². The molecule has 0 spiro atoms. The lowest BCUT2D eigenvalue weighted by atomic mass is 10.1. The number of likely N-dealkylation sites (tertiary alicyclic amines) is 1. The smallest absolute Gasteiger partial charge is 0.192 e. The first-order valence-corrected chi connectivity index (χ1v) is 4.79. The van der Waals surface area contributed by atoms with Gasteiger partial charge in [-0.05, 0) is 19.8 Å². The fraction of sp³-hybridized carbons (Fsp3) is 1.00. The molecular weight excluding hydrogens is 154 g/mol. The van der Waals surface area contributed by atoms with Crippen molar-refractivity contribution in [2.24, 2.45) is 0 Å². The number of aliphatic hydroxyl groups excluding tert-OH is 1. The van der Waals surface area contributed by atoms with E-state index in [4.69, 9.17) is 4.74 Å². The first-order valence-electron chi connectivity index (χ1n) is 4.79. The maximum atomic E-state index is 9.75. The molecule has 1 saturated heterocycles. The molecule has 1 aliphatic rings. The Morgan fingerprint density at radius 1 is 1.50 bits per heavy atom. The van der Waals surface area contributed by atoms with Crippen LogP contribution >= 0.6 is 0 Å². The maximum absolute atomic E-state index is 9.75. The Hall–Kier alpha value is -0.120. The quantitative estimate of drug-likeness (QED) is 0.645. The normalized spacial score (nSPS) is 36.8. The first kappa shape index (κ1) is 9.96. The van der Waals surface area contributed by atoms with Gasteiger partial charge in [-0.25, -0.2) is 0 Å². The fourth-order valence-corrected chi connectivity index (χ4v) is 1.71. The number of hydrogen-bond donors (Lipinski definition) is 1. The van der Waals surface area contributed by atoms with Gasteiger partial charge in [0.2, 0.25) is 0 Å². The second-order valence-corrected chi connectivity index (χ2v) is 3.80. The molecule has 0 bridgehead atoms. The number of hydrogen-bond acceptors (Lipinski definition) is 2. The Morgan fingerprint density at radius 2 is 2.25 bits per heavy atom. The molecule has 12 heavy (non-hydrogen) atoms. The van der Waals surface area contributed by atoms with Gasteiger partial charge < -0.3 is 9.84 Å². The molecule has 0 saturated carbocycles. The topological polar surface area (TPSA) is 29.5 Å². The highest BCUT2D eigenvalue weighted by Gasteiger charge is 2.33. The Bertz CT molecular complexity index is 140. The lowest BCUT2D eigenvalue weighted by molar-refractivity contribution is -0.975. The van der Waals surface area contributed by atoms with Crippen LogP contribution in [0.25, 0.3) is 0 Å². The average Bonchev–Trinajstić information content (AvgIpc) is 2.07. The number of ether oxygens (including phenoxy) is 1. The maximum Gasteiger partial charge on any atom is 0.192 e. The van der Waals surface area contributed by atoms with Crippen LogP contribution in [-0.2, 0) is 4.74 Å². The van der Waals surface area contributed by atoms with Crippen LogP contribution in [0.1, 0.15) is 26.2 Å². The predicted octanol–water partition coefficient (Wildman–Crippen LogP) is 0.929. The van der Waals surface area contributed by atoms with Gasteiger partial charge in [-0.1, -0.05) is 0 Å². The zero-order valence-electron chi connectivity index (χ0n) is 8.12. The van der Waals surface area contributed by atoms with E-state index in [1.54, 1.807) is 0 Å². The van der Waals surface area contributed by atoms with Crippen LogP contribution in [0.2, 0.25) is 0 Å². The predicted molar refractivity (Wildman–Crippen MR) is 47.4 cm³/mol. The van der Waals surface area contributed by atoms with E-state index in [1.807, 2.05) is 6.92 Å². The van der Waals surface area contributed by atoms with Gasteiger partial charge in [0.15, 0.2) is 13.0 Å². The SMILES string of the molecule is CCOC[N+]1(C)CCCCC1O. The number of nitrogens with zero attached hydrogens (tertiary/aromatic N) is 1. The van der Waals surface area contributed by atoms with E-state index in [0.717, 1.165) is 26.0 Å². The van der Waals surface area contributed by atoms with Crippen LogP contribution in [0.5, 0.6) is 0 Å². The van der Waals surface area contributed by atoms with E-state index < -0.39 is 0 Å². The van der Waals surface area contributed by atoms with Crippen molar-refractivity contribution in [3.05, 3.63) is 0 Å². The van der Waals surface area contributed by atoms with E-state index in [2.05, 4.69) is 7.05 Å². The van der Waals surface area contributed by atoms with Gasteiger partial charge >= 0.3 is 0 Å². The summed E-state index contributed by atoms with van der Waals surface area (Å²) >= 11 is 0. The summed E-state index contributed by atoms with van der Waals surface area (Å²) in [6.45, 7) is 4.42. The lowest BCUT2D eigenvalue weighted by Crippen LogP contribution is -2.56. The molecule has 1 heterocycles. The van der Waals surface area contributed by atoms with Crippen molar-refractivity contribution in [1.29, 1.82) is 0 Å². The molecule has 72 valence electrons. The van der Waals surface area contributed by atoms with Crippen LogP contribution < -0.4 is 0 Å². The Balaban J connectivity index is 2.42. The van der Waals surface area contributed by atoms with E-state index in [9.17, 15) is 5.11 Å². The van der Waals surface area contributed by atoms with Crippen LogP contribution in [0.15, 0.2) is 0 Å². The minimum absolute atomic E-state index is 0.217. The zero-order chi connectivity index (χ0) is 9.03. The van der Waals surface area contributed by atoms with Gasteiger partial charge in [-0.3, -0.25) is 4.48 Å². The van der Waals surface area contributed by atoms with Gasteiger partial charge in [0.25, 0.3) is 0 Å². The fourth-order valence-electron chi connectivity index (χ4n) is 1.71. The van der Waals surface area contributed by atoms with Gasteiger partial charge in [0.1, 0.15) is 0 Å². The van der Waals surface area contributed by atoms with Gasteiger partial charge in [-0.15, -0.1) is 0 Å². The summed E-state index contributed by atoms with van der Waals surface area (Å²) in [6.07, 6.45) is 3.07. The number of piperidine rings is 1. The molecule has 0 radical (unpaired) electrons. The number of rotatable bonds is 3. The van der Waals surface area contributed by atoms with Crippen molar-refractivity contribution < 1.29 is 14.3 Å². The number of aliphatic hydroxyl groups is 1. The van der Waals surface area contributed by atoms with Gasteiger partial charge in [-0.2, -0.15) is 0 Å². The molecule has 3 nitrogen and oxygen atoms in total. The van der Waals surface area contributed by atoms with Gasteiger partial charge in [0.05, 0.1) is 13.6 Å². The van der Waals surface area contributed by atoms with Crippen LogP contribution in [0.4, 0.5) is 0 Å². The summed E-state index contributed by atoms with van der Waals surface area (Å²) in [7, 11) is 2.07. The molecule has 0 aromatic rings. The molecule has 0 aromatic carbocycles. The van der Waals surface area contributed by atoms with Crippen LogP contribution in [-0.4, -0.2) is 42.7 Å². The van der Waals surface area contributed by atoms with Crippen molar-refractivity contribution in [3.8, 4) is 0 Å². The molecule has 1 aliphatic heterocycles. The summed E-state index contributed by atoms with van der Waals surface area (Å²) in [5.41, 5.74) is 0. The van der Waals surface area contributed by atoms with Crippen LogP contribution in [0.3, 0.4) is 0 Å². The molecule has 3 heteroatoms. The highest BCUT2D eigenvalue weighted by molar-refractivity contribution is 4.53. The monoisotopic (exact) mass is 174 g/mol. The van der Waals surface area contributed by atoms with Gasteiger partial charge in [0, 0.05) is 13.0 Å². The third-order valence-electron chi connectivity index (χ3n) is 2.69. The van der Waals surface area contributed by atoms with E-state index in [1.165, 1.54) is 6.42 Å². The second kappa shape index (κ2) is 4.21. The van der Waals surface area contributed by atoms with Crippen LogP contribution in [0, 0.1) is 0 Å². The Kier molecular flexibility index (Phi) is 3.50. The number of quaternary nitrogens is 1. The molecule has 2 unspecified atom stereocenters. The Morgan fingerprint density at radius 3 is 2.83 bits per heavy atom. The average molecular weight is 174 g/mol. The first-order chi connectivity index (χ1) is 5.69. The molecule has 1 N–H and O–H groups in total. The summed E-state index contributed by atoms with van der Waals surface area (Å²) in [6, 6.07) is 0. The van der Waals surface area contributed by atoms with E-state index >= 15 is 0 Å². The molecular formula is C9H20NO2+. The van der Waals surface area contributed by atoms with Crippen molar-refractivity contribution >= 4 is 0 Å². The molecule has 2 atom stereocenters. The molecule has 0 aromatic heterocycles. The highest BCUT2D eigenvalue weighted by Crippen LogP contribution is 2.21.